The van der Waals surface area contributed by atoms with Crippen LogP contribution >= 0.6 is 7.49 Å². The van der Waals surface area contributed by atoms with Gasteiger partial charge in [0.1, 0.15) is 0 Å². The average molecular weight is 507 g/mol. The standard InChI is InChI=1S/C28H27O5PS/c1-22-13-19-27(20-14-22)35(30,31)33-34(25-9-5-3-6-10-25,26-11-7-4-8-12-26)21-23-15-17-24(18-16-23)28(29)32-2/h3-20,34H,21H2,1-2H3. The van der Waals surface area contributed by atoms with Gasteiger partial charge in [0.25, 0.3) is 0 Å². The Labute approximate surface area is 206 Å². The number of hydrogen-bond donors (Lipinski definition) is 0. The molecule has 0 saturated carbocycles. The summed E-state index contributed by atoms with van der Waals surface area (Å²) in [5, 5.41) is 1.66. The van der Waals surface area contributed by atoms with Crippen molar-refractivity contribution in [3.05, 3.63) is 126 Å². The number of esters is 1. The predicted molar refractivity (Wildman–Crippen MR) is 141 cm³/mol. The fourth-order valence-electron chi connectivity index (χ4n) is 4.02. The molecule has 0 unspecified atom stereocenters. The summed E-state index contributed by atoms with van der Waals surface area (Å²) in [4.78, 5) is 12.0. The third-order valence-corrected chi connectivity index (χ3v) is 12.2. The Morgan fingerprint density at radius 3 is 1.74 bits per heavy atom. The first-order valence-electron chi connectivity index (χ1n) is 11.1. The quantitative estimate of drug-likeness (QED) is 0.248. The third kappa shape index (κ3) is 5.51. The Morgan fingerprint density at radius 1 is 0.743 bits per heavy atom. The fourth-order valence-corrected chi connectivity index (χ4v) is 10.4. The molecule has 0 bridgehead atoms. The van der Waals surface area contributed by atoms with Crippen molar-refractivity contribution in [3.63, 3.8) is 0 Å². The van der Waals surface area contributed by atoms with E-state index in [0.717, 1.165) is 21.7 Å². The second-order valence-electron chi connectivity index (χ2n) is 8.27. The van der Waals surface area contributed by atoms with Crippen LogP contribution in [0.3, 0.4) is 0 Å². The Morgan fingerprint density at radius 2 is 1.26 bits per heavy atom. The van der Waals surface area contributed by atoms with E-state index < -0.39 is 23.6 Å². The van der Waals surface area contributed by atoms with Crippen molar-refractivity contribution in [1.29, 1.82) is 0 Å². The topological polar surface area (TPSA) is 69.7 Å². The summed E-state index contributed by atoms with van der Waals surface area (Å²) >= 11 is 0. The predicted octanol–water partition coefficient (Wildman–Crippen LogP) is 5.00. The van der Waals surface area contributed by atoms with Gasteiger partial charge in [-0.25, -0.2) is 0 Å². The van der Waals surface area contributed by atoms with E-state index in [1.807, 2.05) is 79.7 Å². The molecule has 0 radical (unpaired) electrons. The molecule has 0 amide bonds. The molecule has 0 aliphatic carbocycles. The SMILES string of the molecule is COC(=O)c1ccc(C[PH](OS(=O)(=O)c2ccc(C)cc2)(c2ccccc2)c2ccccc2)cc1. The van der Waals surface area contributed by atoms with Crippen molar-refractivity contribution in [2.75, 3.05) is 7.11 Å². The van der Waals surface area contributed by atoms with Crippen molar-refractivity contribution in [2.45, 2.75) is 18.0 Å². The molecule has 0 N–H and O–H groups in total. The van der Waals surface area contributed by atoms with Gasteiger partial charge in [-0.3, -0.25) is 0 Å². The molecule has 180 valence electrons. The van der Waals surface area contributed by atoms with E-state index in [1.54, 1.807) is 36.4 Å². The van der Waals surface area contributed by atoms with Crippen LogP contribution in [0.15, 0.2) is 114 Å². The van der Waals surface area contributed by atoms with Gasteiger partial charge in [-0.2, -0.15) is 0 Å². The summed E-state index contributed by atoms with van der Waals surface area (Å²) < 4.78 is 38.4. The molecule has 0 spiro atoms. The molecule has 4 aromatic carbocycles. The van der Waals surface area contributed by atoms with E-state index in [2.05, 4.69) is 0 Å². The average Bonchev–Trinajstić information content (AvgIpc) is 2.89. The van der Waals surface area contributed by atoms with E-state index in [0.29, 0.717) is 11.7 Å². The van der Waals surface area contributed by atoms with Crippen LogP contribution < -0.4 is 10.6 Å². The molecular weight excluding hydrogens is 479 g/mol. The van der Waals surface area contributed by atoms with Crippen molar-refractivity contribution in [2.24, 2.45) is 0 Å². The number of hydrogen-bond acceptors (Lipinski definition) is 5. The zero-order valence-electron chi connectivity index (χ0n) is 19.5. The van der Waals surface area contributed by atoms with Crippen molar-refractivity contribution in [3.8, 4) is 0 Å². The monoisotopic (exact) mass is 506 g/mol. The van der Waals surface area contributed by atoms with Crippen LogP contribution in [0.1, 0.15) is 21.5 Å². The van der Waals surface area contributed by atoms with E-state index in [1.165, 1.54) is 7.11 Å². The molecule has 5 nitrogen and oxygen atoms in total. The summed E-state index contributed by atoms with van der Waals surface area (Å²) in [6.45, 7) is 1.90. The number of rotatable bonds is 8. The van der Waals surface area contributed by atoms with Gasteiger partial charge in [-0.15, -0.1) is 0 Å². The molecule has 0 atom stereocenters. The Hall–Kier alpha value is -3.31. The number of methoxy groups -OCH3 is 1. The molecule has 4 aromatic rings. The number of ether oxygens (including phenoxy) is 1. The molecule has 0 aliphatic heterocycles. The van der Waals surface area contributed by atoms with E-state index >= 15 is 0 Å². The van der Waals surface area contributed by atoms with Crippen LogP contribution in [-0.4, -0.2) is 21.5 Å². The number of carbonyl (C=O) groups excluding carboxylic acids is 1. The van der Waals surface area contributed by atoms with Crippen molar-refractivity contribution < 1.29 is 21.9 Å². The molecule has 0 heterocycles. The normalized spacial score (nSPS) is 12.2. The van der Waals surface area contributed by atoms with Gasteiger partial charge in [-0.1, -0.05) is 0 Å². The Balaban J connectivity index is 1.87. The zero-order valence-corrected chi connectivity index (χ0v) is 21.4. The maximum absolute atomic E-state index is 13.6. The van der Waals surface area contributed by atoms with Gasteiger partial charge in [0.15, 0.2) is 0 Å². The molecule has 7 heteroatoms. The molecule has 0 aromatic heterocycles. The third-order valence-electron chi connectivity index (χ3n) is 5.87. The van der Waals surface area contributed by atoms with Gasteiger partial charge < -0.3 is 0 Å². The maximum atomic E-state index is 13.6. The van der Waals surface area contributed by atoms with Gasteiger partial charge in [0.05, 0.1) is 0 Å². The summed E-state index contributed by atoms with van der Waals surface area (Å²) in [5.74, 6) is -0.427. The number of benzene rings is 4. The Bertz CT molecular complexity index is 1350. The number of carbonyl (C=O) groups is 1. The summed E-state index contributed by atoms with van der Waals surface area (Å²) in [6.07, 6.45) is 0.355. The molecule has 0 aliphatic rings. The number of aryl methyl sites for hydroxylation is 1. The van der Waals surface area contributed by atoms with Crippen LogP contribution in [0.25, 0.3) is 0 Å². The second kappa shape index (κ2) is 10.5. The van der Waals surface area contributed by atoms with Crippen LogP contribution in [-0.2, 0) is 25.0 Å². The van der Waals surface area contributed by atoms with Crippen LogP contribution in [0, 0.1) is 6.92 Å². The molecule has 0 saturated heterocycles. The molecular formula is C28H27O5PS. The molecule has 0 fully saturated rings. The van der Waals surface area contributed by atoms with Crippen LogP contribution in [0.5, 0.6) is 0 Å². The van der Waals surface area contributed by atoms with Gasteiger partial charge in [-0.05, 0) is 0 Å². The summed E-state index contributed by atoms with van der Waals surface area (Å²) in [7, 11) is -6.13. The first-order chi connectivity index (χ1) is 16.8. The van der Waals surface area contributed by atoms with E-state index in [9.17, 15) is 13.2 Å². The summed E-state index contributed by atoms with van der Waals surface area (Å²) in [5.41, 5.74) is 2.25. The molecule has 4 rings (SSSR count). The zero-order chi connectivity index (χ0) is 24.9. The fraction of sp³-hybridized carbons (Fsp3) is 0.107. The Kier molecular flexibility index (Phi) is 7.46. The van der Waals surface area contributed by atoms with Gasteiger partial charge in [0, 0.05) is 0 Å². The van der Waals surface area contributed by atoms with Gasteiger partial charge in [0.2, 0.25) is 0 Å². The van der Waals surface area contributed by atoms with Crippen molar-refractivity contribution >= 4 is 34.2 Å². The summed E-state index contributed by atoms with van der Waals surface area (Å²) in [6, 6.07) is 32.7. The van der Waals surface area contributed by atoms with Crippen LogP contribution in [0.4, 0.5) is 0 Å². The minimum absolute atomic E-state index is 0.118. The van der Waals surface area contributed by atoms with Crippen molar-refractivity contribution in [1.82, 2.24) is 0 Å². The van der Waals surface area contributed by atoms with Gasteiger partial charge >= 0.3 is 207 Å². The molecule has 35 heavy (non-hydrogen) atoms. The second-order valence-corrected chi connectivity index (χ2v) is 13.5. The van der Waals surface area contributed by atoms with E-state index in [-0.39, 0.29) is 4.90 Å². The first kappa shape index (κ1) is 24.8. The minimum atomic E-state index is -4.09. The van der Waals surface area contributed by atoms with Crippen LogP contribution in [0.2, 0.25) is 0 Å². The van der Waals surface area contributed by atoms with E-state index in [4.69, 9.17) is 8.71 Å². The first-order valence-corrected chi connectivity index (χ1v) is 14.7.